The van der Waals surface area contributed by atoms with E-state index in [1.54, 1.807) is 0 Å². The molecular weight excluding hydrogens is 160 g/mol. The molecule has 0 rings (SSSR count). The predicted molar refractivity (Wildman–Crippen MR) is 43.5 cm³/mol. The van der Waals surface area contributed by atoms with Gasteiger partial charge in [0.2, 0.25) is 5.91 Å². The highest BCUT2D eigenvalue weighted by Crippen LogP contribution is 1.95. The van der Waals surface area contributed by atoms with Crippen LogP contribution in [0.5, 0.6) is 0 Å². The number of ether oxygens (including phenoxy) is 1. The Bertz CT molecular complexity index is 170. The lowest BCUT2D eigenvalue weighted by Crippen LogP contribution is -2.36. The van der Waals surface area contributed by atoms with Crippen LogP contribution in [0.1, 0.15) is 13.3 Å². The lowest BCUT2D eigenvalue weighted by Gasteiger charge is -2.16. The van der Waals surface area contributed by atoms with Crippen LogP contribution >= 0.6 is 0 Å². The van der Waals surface area contributed by atoms with Crippen LogP contribution < -0.4 is 5.73 Å². The molecule has 0 saturated heterocycles. The summed E-state index contributed by atoms with van der Waals surface area (Å²) in [4.78, 5) is 22.8. The van der Waals surface area contributed by atoms with Crippen molar-refractivity contribution in [3.63, 3.8) is 0 Å². The van der Waals surface area contributed by atoms with E-state index in [0.717, 1.165) is 4.90 Å². The molecule has 12 heavy (non-hydrogen) atoms. The summed E-state index contributed by atoms with van der Waals surface area (Å²) >= 11 is 0. The van der Waals surface area contributed by atoms with Crippen LogP contribution in [-0.4, -0.2) is 37.1 Å². The summed E-state index contributed by atoms with van der Waals surface area (Å²) in [6.45, 7) is 2.08. The van der Waals surface area contributed by atoms with Gasteiger partial charge in [0, 0.05) is 13.5 Å². The van der Waals surface area contributed by atoms with E-state index in [-0.39, 0.29) is 5.91 Å². The summed E-state index contributed by atoms with van der Waals surface area (Å²) < 4.78 is 4.40. The van der Waals surface area contributed by atoms with E-state index in [9.17, 15) is 9.59 Å². The zero-order valence-electron chi connectivity index (χ0n) is 7.37. The zero-order valence-corrected chi connectivity index (χ0v) is 7.37. The molecule has 5 nitrogen and oxygen atoms in total. The molecular formula is C7H14N2O3. The van der Waals surface area contributed by atoms with Gasteiger partial charge in [-0.1, -0.05) is 0 Å². The number of nitrogens with zero attached hydrogens (tertiary/aromatic N) is 1. The largest absolute Gasteiger partial charge is 0.452 e. The number of amides is 2. The summed E-state index contributed by atoms with van der Waals surface area (Å²) in [5, 5.41) is 0. The highest BCUT2D eigenvalue weighted by Gasteiger charge is 2.16. The monoisotopic (exact) mass is 174 g/mol. The van der Waals surface area contributed by atoms with E-state index in [1.807, 2.05) is 0 Å². The molecule has 5 heteroatoms. The van der Waals surface area contributed by atoms with Crippen molar-refractivity contribution >= 4 is 12.0 Å². The molecule has 0 heterocycles. The Morgan fingerprint density at radius 1 is 1.50 bits per heavy atom. The Balaban J connectivity index is 4.04. The van der Waals surface area contributed by atoms with Crippen molar-refractivity contribution in [1.29, 1.82) is 0 Å². The Morgan fingerprint density at radius 2 is 2.08 bits per heavy atom. The second-order valence-corrected chi connectivity index (χ2v) is 2.28. The topological polar surface area (TPSA) is 72.6 Å². The van der Waals surface area contributed by atoms with Crippen molar-refractivity contribution in [2.45, 2.75) is 13.3 Å². The number of hydrogen-bond acceptors (Lipinski definition) is 4. The van der Waals surface area contributed by atoms with Gasteiger partial charge in [0.25, 0.3) is 0 Å². The lowest BCUT2D eigenvalue weighted by atomic mass is 10.4. The highest BCUT2D eigenvalue weighted by atomic mass is 16.5. The summed E-state index contributed by atoms with van der Waals surface area (Å²) in [6, 6.07) is 0. The van der Waals surface area contributed by atoms with E-state index < -0.39 is 6.09 Å². The molecule has 2 amide bonds. The first kappa shape index (κ1) is 10.9. The molecule has 0 spiro atoms. The second-order valence-electron chi connectivity index (χ2n) is 2.28. The Hall–Kier alpha value is -1.10. The summed E-state index contributed by atoms with van der Waals surface area (Å²) in [5.74, 6) is -0.324. The molecule has 2 N–H and O–H groups in total. The van der Waals surface area contributed by atoms with E-state index in [4.69, 9.17) is 5.73 Å². The number of rotatable bonds is 3. The van der Waals surface area contributed by atoms with Crippen LogP contribution in [0.2, 0.25) is 0 Å². The van der Waals surface area contributed by atoms with Crippen LogP contribution in [0.25, 0.3) is 0 Å². The number of hydrogen-bond donors (Lipinski definition) is 1. The van der Waals surface area contributed by atoms with Gasteiger partial charge in [0.05, 0.1) is 7.11 Å². The quantitative estimate of drug-likeness (QED) is 0.651. The number of carbonyl (C=O) groups excluding carboxylic acids is 2. The van der Waals surface area contributed by atoms with Gasteiger partial charge in [-0.15, -0.1) is 0 Å². The number of methoxy groups -OCH3 is 1. The molecule has 0 aromatic rings. The molecule has 0 aliphatic carbocycles. The average molecular weight is 174 g/mol. The van der Waals surface area contributed by atoms with Crippen LogP contribution in [0.15, 0.2) is 0 Å². The summed E-state index contributed by atoms with van der Waals surface area (Å²) in [6.07, 6.45) is -0.0368. The lowest BCUT2D eigenvalue weighted by molar-refractivity contribution is -0.127. The molecule has 70 valence electrons. The van der Waals surface area contributed by atoms with Crippen LogP contribution in [-0.2, 0) is 9.53 Å². The molecule has 0 fully saturated rings. The molecule has 0 aliphatic rings. The predicted octanol–water partition coefficient (Wildman–Crippen LogP) is -0.0499. The molecule has 0 aliphatic heterocycles. The SMILES string of the molecule is COC(=O)N(CCCN)C(C)=O. The summed E-state index contributed by atoms with van der Waals surface area (Å²) in [5.41, 5.74) is 5.23. The van der Waals surface area contributed by atoms with Gasteiger partial charge >= 0.3 is 6.09 Å². The van der Waals surface area contributed by atoms with Crippen LogP contribution in [0, 0.1) is 0 Å². The Labute approximate surface area is 71.5 Å². The van der Waals surface area contributed by atoms with Crippen molar-refractivity contribution < 1.29 is 14.3 Å². The fraction of sp³-hybridized carbons (Fsp3) is 0.714. The van der Waals surface area contributed by atoms with Crippen molar-refractivity contribution in [3.05, 3.63) is 0 Å². The number of imide groups is 1. The van der Waals surface area contributed by atoms with Crippen LogP contribution in [0.4, 0.5) is 4.79 Å². The van der Waals surface area contributed by atoms with E-state index in [0.29, 0.717) is 19.5 Å². The van der Waals surface area contributed by atoms with Crippen molar-refractivity contribution in [1.82, 2.24) is 4.90 Å². The zero-order chi connectivity index (χ0) is 9.56. The van der Waals surface area contributed by atoms with Crippen molar-refractivity contribution in [2.75, 3.05) is 20.2 Å². The van der Waals surface area contributed by atoms with Crippen molar-refractivity contribution in [2.24, 2.45) is 5.73 Å². The molecule has 0 bridgehead atoms. The smallest absolute Gasteiger partial charge is 0.416 e. The maximum Gasteiger partial charge on any atom is 0.416 e. The third-order valence-corrected chi connectivity index (χ3v) is 1.36. The van der Waals surface area contributed by atoms with E-state index in [1.165, 1.54) is 14.0 Å². The molecule has 0 aromatic carbocycles. The highest BCUT2D eigenvalue weighted by molar-refractivity contribution is 5.90. The number of nitrogens with two attached hydrogens (primary N) is 1. The maximum atomic E-state index is 10.9. The van der Waals surface area contributed by atoms with E-state index >= 15 is 0 Å². The number of carbonyl (C=O) groups is 2. The minimum absolute atomic E-state index is 0.318. The molecule has 0 aromatic heterocycles. The average Bonchev–Trinajstić information content (AvgIpc) is 2.04. The maximum absolute atomic E-state index is 10.9. The van der Waals surface area contributed by atoms with Gasteiger partial charge in [-0.3, -0.25) is 4.79 Å². The molecule has 0 atom stereocenters. The Kier molecular flexibility index (Phi) is 5.03. The standard InChI is InChI=1S/C7H14N2O3/c1-6(10)9(5-3-4-8)7(11)12-2/h3-5,8H2,1-2H3. The molecule has 0 radical (unpaired) electrons. The van der Waals surface area contributed by atoms with Gasteiger partial charge < -0.3 is 10.5 Å². The summed E-state index contributed by atoms with van der Waals surface area (Å²) in [7, 11) is 1.24. The van der Waals surface area contributed by atoms with Gasteiger partial charge in [0.15, 0.2) is 0 Å². The first-order valence-electron chi connectivity index (χ1n) is 3.69. The Morgan fingerprint density at radius 3 is 2.42 bits per heavy atom. The fourth-order valence-electron chi connectivity index (χ4n) is 0.737. The van der Waals surface area contributed by atoms with E-state index in [2.05, 4.69) is 4.74 Å². The third kappa shape index (κ3) is 3.34. The van der Waals surface area contributed by atoms with Crippen LogP contribution in [0.3, 0.4) is 0 Å². The fourth-order valence-corrected chi connectivity index (χ4v) is 0.737. The van der Waals surface area contributed by atoms with Gasteiger partial charge in [0.1, 0.15) is 0 Å². The first-order chi connectivity index (χ1) is 5.63. The minimum Gasteiger partial charge on any atom is -0.452 e. The van der Waals surface area contributed by atoms with Crippen molar-refractivity contribution in [3.8, 4) is 0 Å². The second kappa shape index (κ2) is 5.54. The normalized spacial score (nSPS) is 9.25. The first-order valence-corrected chi connectivity index (χ1v) is 3.69. The van der Waals surface area contributed by atoms with Gasteiger partial charge in [-0.25, -0.2) is 9.69 Å². The third-order valence-electron chi connectivity index (χ3n) is 1.36. The molecule has 0 saturated carbocycles. The van der Waals surface area contributed by atoms with Gasteiger partial charge in [-0.05, 0) is 13.0 Å². The van der Waals surface area contributed by atoms with Gasteiger partial charge in [-0.2, -0.15) is 0 Å². The minimum atomic E-state index is -0.629. The molecule has 0 unspecified atom stereocenters.